The van der Waals surface area contributed by atoms with E-state index >= 15 is 0 Å². The molecule has 0 saturated heterocycles. The molecule has 6 nitrogen and oxygen atoms in total. The number of ether oxygens (including phenoxy) is 1. The standard InChI is InChI=1S/C15H23N3O3/c1-9(2)12(8-16)15(20)18-13-7-11(17-10(3)19)5-6-14(13)21-4/h5-7,9,12H,8,16H2,1-4H3,(H,17,19)(H,18,20). The minimum atomic E-state index is -0.279. The summed E-state index contributed by atoms with van der Waals surface area (Å²) in [5.74, 6) is 0.0425. The van der Waals surface area contributed by atoms with Gasteiger partial charge in [-0.1, -0.05) is 13.8 Å². The van der Waals surface area contributed by atoms with Crippen molar-refractivity contribution in [3.8, 4) is 5.75 Å². The SMILES string of the molecule is COc1ccc(NC(C)=O)cc1NC(=O)C(CN)C(C)C. The zero-order valence-electron chi connectivity index (χ0n) is 12.9. The van der Waals surface area contributed by atoms with Gasteiger partial charge in [0.1, 0.15) is 5.75 Å². The maximum atomic E-state index is 12.3. The monoisotopic (exact) mass is 293 g/mol. The van der Waals surface area contributed by atoms with Crippen molar-refractivity contribution in [2.75, 3.05) is 24.3 Å². The lowest BCUT2D eigenvalue weighted by atomic mass is 9.95. The molecule has 0 bridgehead atoms. The van der Waals surface area contributed by atoms with Crippen LogP contribution in [-0.2, 0) is 9.59 Å². The van der Waals surface area contributed by atoms with E-state index in [2.05, 4.69) is 10.6 Å². The number of hydrogen-bond donors (Lipinski definition) is 3. The summed E-state index contributed by atoms with van der Waals surface area (Å²) in [5, 5.41) is 5.48. The molecule has 0 spiro atoms. The summed E-state index contributed by atoms with van der Waals surface area (Å²) < 4.78 is 5.22. The summed E-state index contributed by atoms with van der Waals surface area (Å²) >= 11 is 0. The minimum Gasteiger partial charge on any atom is -0.495 e. The number of rotatable bonds is 6. The van der Waals surface area contributed by atoms with E-state index in [0.29, 0.717) is 17.1 Å². The molecule has 1 atom stereocenters. The van der Waals surface area contributed by atoms with Gasteiger partial charge in [-0.25, -0.2) is 0 Å². The molecule has 1 aromatic carbocycles. The summed E-state index contributed by atoms with van der Waals surface area (Å²) in [7, 11) is 1.52. The molecule has 116 valence electrons. The van der Waals surface area contributed by atoms with Gasteiger partial charge < -0.3 is 21.1 Å². The zero-order chi connectivity index (χ0) is 16.0. The highest BCUT2D eigenvalue weighted by Gasteiger charge is 2.21. The molecule has 0 aliphatic heterocycles. The van der Waals surface area contributed by atoms with Crippen molar-refractivity contribution in [2.45, 2.75) is 20.8 Å². The van der Waals surface area contributed by atoms with Gasteiger partial charge in [-0.15, -0.1) is 0 Å². The van der Waals surface area contributed by atoms with Gasteiger partial charge >= 0.3 is 0 Å². The molecule has 0 aromatic heterocycles. The van der Waals surface area contributed by atoms with Gasteiger partial charge in [0.25, 0.3) is 0 Å². The molecule has 1 unspecified atom stereocenters. The number of hydrogen-bond acceptors (Lipinski definition) is 4. The van der Waals surface area contributed by atoms with Gasteiger partial charge in [-0.3, -0.25) is 9.59 Å². The fraction of sp³-hybridized carbons (Fsp3) is 0.467. The topological polar surface area (TPSA) is 93.5 Å². The average Bonchev–Trinajstić information content (AvgIpc) is 2.38. The van der Waals surface area contributed by atoms with Crippen molar-refractivity contribution < 1.29 is 14.3 Å². The first kappa shape index (κ1) is 17.0. The van der Waals surface area contributed by atoms with Crippen LogP contribution in [0.3, 0.4) is 0 Å². The van der Waals surface area contributed by atoms with E-state index in [1.165, 1.54) is 14.0 Å². The number of amides is 2. The van der Waals surface area contributed by atoms with Crippen molar-refractivity contribution >= 4 is 23.2 Å². The Kier molecular flexibility index (Phi) is 6.17. The Hall–Kier alpha value is -2.08. The van der Waals surface area contributed by atoms with E-state index in [-0.39, 0.29) is 30.2 Å². The number of carbonyl (C=O) groups is 2. The van der Waals surface area contributed by atoms with E-state index in [9.17, 15) is 9.59 Å². The molecule has 0 aliphatic carbocycles. The Bertz CT molecular complexity index is 515. The number of anilines is 2. The van der Waals surface area contributed by atoms with Crippen molar-refractivity contribution in [1.29, 1.82) is 0 Å². The van der Waals surface area contributed by atoms with E-state index < -0.39 is 0 Å². The average molecular weight is 293 g/mol. The predicted octanol–water partition coefficient (Wildman–Crippen LogP) is 1.82. The van der Waals surface area contributed by atoms with E-state index in [0.717, 1.165) is 0 Å². The number of nitrogens with one attached hydrogen (secondary N) is 2. The molecule has 0 saturated carbocycles. The summed E-state index contributed by atoms with van der Waals surface area (Å²) in [6, 6.07) is 5.05. The van der Waals surface area contributed by atoms with Crippen LogP contribution in [0.1, 0.15) is 20.8 Å². The van der Waals surface area contributed by atoms with Crippen molar-refractivity contribution in [1.82, 2.24) is 0 Å². The number of carbonyl (C=O) groups excluding carboxylic acids is 2. The summed E-state index contributed by atoms with van der Waals surface area (Å²) in [6.45, 7) is 5.59. The second kappa shape index (κ2) is 7.64. The number of methoxy groups -OCH3 is 1. The lowest BCUT2D eigenvalue weighted by Gasteiger charge is -2.19. The van der Waals surface area contributed by atoms with Crippen molar-refractivity contribution in [3.05, 3.63) is 18.2 Å². The predicted molar refractivity (Wildman–Crippen MR) is 83.3 cm³/mol. The van der Waals surface area contributed by atoms with Crippen molar-refractivity contribution in [3.63, 3.8) is 0 Å². The van der Waals surface area contributed by atoms with Crippen LogP contribution in [0.2, 0.25) is 0 Å². The molecule has 4 N–H and O–H groups in total. The van der Waals surface area contributed by atoms with Gasteiger partial charge in [-0.2, -0.15) is 0 Å². The third-order valence-electron chi connectivity index (χ3n) is 3.17. The first-order valence-electron chi connectivity index (χ1n) is 6.85. The largest absolute Gasteiger partial charge is 0.495 e. The smallest absolute Gasteiger partial charge is 0.229 e. The van der Waals surface area contributed by atoms with Crippen LogP contribution in [0.5, 0.6) is 5.75 Å². The van der Waals surface area contributed by atoms with Crippen LogP contribution in [0.25, 0.3) is 0 Å². The first-order chi connectivity index (χ1) is 9.88. The van der Waals surface area contributed by atoms with Crippen LogP contribution in [0.4, 0.5) is 11.4 Å². The lowest BCUT2D eigenvalue weighted by Crippen LogP contribution is -2.33. The number of nitrogens with two attached hydrogens (primary N) is 1. The molecular formula is C15H23N3O3. The van der Waals surface area contributed by atoms with Gasteiger partial charge in [0.2, 0.25) is 11.8 Å². The Morgan fingerprint density at radius 2 is 1.95 bits per heavy atom. The Balaban J connectivity index is 2.99. The second-order valence-electron chi connectivity index (χ2n) is 5.17. The molecule has 0 heterocycles. The molecular weight excluding hydrogens is 270 g/mol. The minimum absolute atomic E-state index is 0.138. The van der Waals surface area contributed by atoms with Gasteiger partial charge in [0, 0.05) is 19.2 Å². The van der Waals surface area contributed by atoms with Crippen molar-refractivity contribution in [2.24, 2.45) is 17.6 Å². The van der Waals surface area contributed by atoms with E-state index in [1.807, 2.05) is 13.8 Å². The third-order valence-corrected chi connectivity index (χ3v) is 3.17. The van der Waals surface area contributed by atoms with Crippen LogP contribution >= 0.6 is 0 Å². The Morgan fingerprint density at radius 3 is 2.43 bits per heavy atom. The Morgan fingerprint density at radius 1 is 1.29 bits per heavy atom. The van der Waals surface area contributed by atoms with Crippen LogP contribution in [-0.4, -0.2) is 25.5 Å². The first-order valence-corrected chi connectivity index (χ1v) is 6.85. The second-order valence-corrected chi connectivity index (χ2v) is 5.17. The summed E-state index contributed by atoms with van der Waals surface area (Å²) in [4.78, 5) is 23.4. The van der Waals surface area contributed by atoms with Crippen LogP contribution < -0.4 is 21.1 Å². The maximum absolute atomic E-state index is 12.3. The molecule has 21 heavy (non-hydrogen) atoms. The molecule has 0 fully saturated rings. The third kappa shape index (κ3) is 4.75. The normalized spacial score (nSPS) is 11.9. The van der Waals surface area contributed by atoms with Gasteiger partial charge in [0.15, 0.2) is 0 Å². The van der Waals surface area contributed by atoms with Gasteiger partial charge in [-0.05, 0) is 24.1 Å². The zero-order valence-corrected chi connectivity index (χ0v) is 12.9. The summed E-state index contributed by atoms with van der Waals surface area (Å²) in [5.41, 5.74) is 6.74. The molecule has 2 amide bonds. The summed E-state index contributed by atoms with van der Waals surface area (Å²) in [6.07, 6.45) is 0. The Labute approximate surface area is 125 Å². The molecule has 1 aromatic rings. The van der Waals surface area contributed by atoms with Crippen LogP contribution in [0.15, 0.2) is 18.2 Å². The fourth-order valence-electron chi connectivity index (χ4n) is 1.99. The quantitative estimate of drug-likeness (QED) is 0.746. The molecule has 0 aliphatic rings. The lowest BCUT2D eigenvalue weighted by molar-refractivity contribution is -0.120. The van der Waals surface area contributed by atoms with E-state index in [1.54, 1.807) is 18.2 Å². The molecule has 0 radical (unpaired) electrons. The van der Waals surface area contributed by atoms with Crippen LogP contribution in [0, 0.1) is 11.8 Å². The highest BCUT2D eigenvalue weighted by atomic mass is 16.5. The fourth-order valence-corrected chi connectivity index (χ4v) is 1.99. The molecule has 6 heteroatoms. The highest BCUT2D eigenvalue weighted by Crippen LogP contribution is 2.28. The molecule has 1 rings (SSSR count). The highest BCUT2D eigenvalue weighted by molar-refractivity contribution is 5.96. The van der Waals surface area contributed by atoms with Gasteiger partial charge in [0.05, 0.1) is 18.7 Å². The van der Waals surface area contributed by atoms with E-state index in [4.69, 9.17) is 10.5 Å². The number of benzene rings is 1. The maximum Gasteiger partial charge on any atom is 0.229 e.